The van der Waals surface area contributed by atoms with Crippen molar-refractivity contribution in [2.45, 2.75) is 6.92 Å². The maximum absolute atomic E-state index is 14.4. The predicted octanol–water partition coefficient (Wildman–Crippen LogP) is 4.35. The molecular weight excluding hydrogens is 402 g/mol. The van der Waals surface area contributed by atoms with Crippen LogP contribution in [0.4, 0.5) is 8.78 Å². The lowest BCUT2D eigenvalue weighted by atomic mass is 9.86. The number of carbonyl (C=O) groups excluding carboxylic acids is 1. The molecule has 2 aliphatic heterocycles. The van der Waals surface area contributed by atoms with Gasteiger partial charge in [0.15, 0.2) is 11.6 Å². The first-order valence-electron chi connectivity index (χ1n) is 9.67. The van der Waals surface area contributed by atoms with Crippen LogP contribution >= 0.6 is 0 Å². The highest BCUT2D eigenvalue weighted by atomic mass is 19.1. The third-order valence-corrected chi connectivity index (χ3v) is 5.62. The van der Waals surface area contributed by atoms with Gasteiger partial charge in [-0.15, -0.1) is 0 Å². The van der Waals surface area contributed by atoms with Crippen molar-refractivity contribution in [1.82, 2.24) is 14.5 Å². The Morgan fingerprint density at radius 2 is 1.90 bits per heavy atom. The van der Waals surface area contributed by atoms with Crippen molar-refractivity contribution in [3.63, 3.8) is 0 Å². The average Bonchev–Trinajstić information content (AvgIpc) is 3.32. The molecule has 1 amide bonds. The third-order valence-electron chi connectivity index (χ3n) is 5.62. The van der Waals surface area contributed by atoms with Crippen molar-refractivity contribution < 1.29 is 18.3 Å². The number of halogens is 2. The van der Waals surface area contributed by atoms with Crippen molar-refractivity contribution in [2.75, 3.05) is 7.05 Å². The van der Waals surface area contributed by atoms with Gasteiger partial charge >= 0.3 is 0 Å². The number of imidazole rings is 1. The lowest BCUT2D eigenvalue weighted by molar-refractivity contribution is -0.121. The summed E-state index contributed by atoms with van der Waals surface area (Å²) in [5.41, 5.74) is 3.38. The number of aryl methyl sites for hydroxylation is 2. The summed E-state index contributed by atoms with van der Waals surface area (Å²) in [4.78, 5) is 22.8. The summed E-state index contributed by atoms with van der Waals surface area (Å²) in [6.45, 7) is 1.89. The van der Waals surface area contributed by atoms with Gasteiger partial charge in [0.1, 0.15) is 23.1 Å². The van der Waals surface area contributed by atoms with E-state index in [1.165, 1.54) is 11.0 Å². The lowest BCUT2D eigenvalue weighted by Crippen LogP contribution is -2.37. The Balaban J connectivity index is 1.72. The molecule has 0 bridgehead atoms. The van der Waals surface area contributed by atoms with Crippen molar-refractivity contribution in [1.29, 1.82) is 0 Å². The molecule has 0 radical (unpaired) electrons. The predicted molar refractivity (Wildman–Crippen MR) is 113 cm³/mol. The maximum atomic E-state index is 14.4. The monoisotopic (exact) mass is 420 g/mol. The van der Waals surface area contributed by atoms with E-state index in [0.717, 1.165) is 34.6 Å². The second-order valence-electron chi connectivity index (χ2n) is 7.57. The molecule has 2 aliphatic rings. The molecule has 0 fully saturated rings. The number of carbonyl (C=O) groups is 1. The molecule has 3 heterocycles. The standard InChI is InChI=1S/C23H18F2N4O2/c1-12-27-18-9-15(16-11-28(2)23(30)22-14(16)6-7-26-22)21(10-19(18)29(12)3)31-20-5-4-13(24)8-17(20)25/h4-11,14H,1-3H3. The zero-order valence-electron chi connectivity index (χ0n) is 17.1. The van der Waals surface area contributed by atoms with Crippen LogP contribution in [0.5, 0.6) is 11.5 Å². The van der Waals surface area contributed by atoms with Gasteiger partial charge in [0.2, 0.25) is 0 Å². The smallest absolute Gasteiger partial charge is 0.272 e. The Labute approximate surface area is 176 Å². The van der Waals surface area contributed by atoms with Gasteiger partial charge in [0.25, 0.3) is 5.91 Å². The van der Waals surface area contributed by atoms with E-state index in [9.17, 15) is 13.6 Å². The molecule has 1 atom stereocenters. The first-order valence-corrected chi connectivity index (χ1v) is 9.67. The van der Waals surface area contributed by atoms with E-state index in [1.807, 2.05) is 30.7 Å². The van der Waals surface area contributed by atoms with Gasteiger partial charge in [0, 0.05) is 44.2 Å². The SMILES string of the molecule is Cc1nc2cc(C3=CN(C)C(=O)C4=NC=CC34)c(Oc3ccc(F)cc3F)cc2n1C. The fourth-order valence-electron chi connectivity index (χ4n) is 3.91. The normalized spacial score (nSPS) is 17.8. The molecule has 0 spiro atoms. The number of amides is 1. The molecule has 3 aromatic rings. The van der Waals surface area contributed by atoms with Crippen molar-refractivity contribution in [3.8, 4) is 11.5 Å². The van der Waals surface area contributed by atoms with Crippen LogP contribution in [-0.4, -0.2) is 33.1 Å². The molecule has 156 valence electrons. The molecule has 2 aromatic carbocycles. The van der Waals surface area contributed by atoms with Crippen LogP contribution in [0.3, 0.4) is 0 Å². The number of nitrogens with zero attached hydrogens (tertiary/aromatic N) is 4. The largest absolute Gasteiger partial charge is 0.454 e. The number of hydrogen-bond donors (Lipinski definition) is 0. The minimum atomic E-state index is -0.805. The van der Waals surface area contributed by atoms with E-state index in [0.29, 0.717) is 17.0 Å². The zero-order valence-corrected chi connectivity index (χ0v) is 17.1. The van der Waals surface area contributed by atoms with Crippen LogP contribution in [0, 0.1) is 24.5 Å². The van der Waals surface area contributed by atoms with Crippen LogP contribution in [0.25, 0.3) is 16.6 Å². The molecule has 1 unspecified atom stereocenters. The van der Waals surface area contributed by atoms with Gasteiger partial charge < -0.3 is 14.2 Å². The molecule has 0 aliphatic carbocycles. The second-order valence-corrected chi connectivity index (χ2v) is 7.57. The van der Waals surface area contributed by atoms with Gasteiger partial charge in [-0.2, -0.15) is 0 Å². The lowest BCUT2D eigenvalue weighted by Gasteiger charge is -2.27. The Kier molecular flexibility index (Phi) is 4.25. The molecule has 0 saturated carbocycles. The molecule has 31 heavy (non-hydrogen) atoms. The van der Waals surface area contributed by atoms with E-state index < -0.39 is 11.6 Å². The fourth-order valence-corrected chi connectivity index (χ4v) is 3.91. The molecule has 8 heteroatoms. The number of rotatable bonds is 3. The van der Waals surface area contributed by atoms with E-state index in [1.54, 1.807) is 25.5 Å². The Morgan fingerprint density at radius 3 is 2.68 bits per heavy atom. The number of hydrogen-bond acceptors (Lipinski definition) is 4. The van der Waals surface area contributed by atoms with Gasteiger partial charge in [0.05, 0.1) is 17.0 Å². The topological polar surface area (TPSA) is 59.7 Å². The molecule has 5 rings (SSSR count). The number of aromatic nitrogens is 2. The fraction of sp³-hybridized carbons (Fsp3) is 0.174. The number of aliphatic imine (C=N–C) groups is 1. The highest BCUT2D eigenvalue weighted by molar-refractivity contribution is 6.44. The van der Waals surface area contributed by atoms with Gasteiger partial charge in [-0.05, 0) is 30.7 Å². The minimum absolute atomic E-state index is 0.0995. The van der Waals surface area contributed by atoms with E-state index in [-0.39, 0.29) is 17.6 Å². The number of ether oxygens (including phenoxy) is 1. The van der Waals surface area contributed by atoms with E-state index >= 15 is 0 Å². The first kappa shape index (κ1) is 19.2. The summed E-state index contributed by atoms with van der Waals surface area (Å²) in [6.07, 6.45) is 5.17. The second kappa shape index (κ2) is 6.87. The molecule has 1 aromatic heterocycles. The summed E-state index contributed by atoms with van der Waals surface area (Å²) in [5.74, 6) is -0.937. The summed E-state index contributed by atoms with van der Waals surface area (Å²) in [7, 11) is 3.53. The van der Waals surface area contributed by atoms with Gasteiger partial charge in [-0.3, -0.25) is 9.79 Å². The van der Waals surface area contributed by atoms with Crippen LogP contribution in [0.2, 0.25) is 0 Å². The first-order chi connectivity index (χ1) is 14.8. The maximum Gasteiger partial charge on any atom is 0.272 e. The summed E-state index contributed by atoms with van der Waals surface area (Å²) >= 11 is 0. The number of benzene rings is 2. The molecule has 0 saturated heterocycles. The van der Waals surface area contributed by atoms with Crippen molar-refractivity contribution in [3.05, 3.63) is 71.8 Å². The van der Waals surface area contributed by atoms with E-state index in [2.05, 4.69) is 9.98 Å². The zero-order chi connectivity index (χ0) is 21.9. The minimum Gasteiger partial charge on any atom is -0.454 e. The molecular formula is C23H18F2N4O2. The highest BCUT2D eigenvalue weighted by Gasteiger charge is 2.35. The van der Waals surface area contributed by atoms with Crippen LogP contribution in [0.15, 0.2) is 53.8 Å². The number of allylic oxidation sites excluding steroid dienone is 2. The van der Waals surface area contributed by atoms with Crippen LogP contribution in [0.1, 0.15) is 11.4 Å². The third kappa shape index (κ3) is 3.02. The van der Waals surface area contributed by atoms with Crippen molar-refractivity contribution in [2.24, 2.45) is 18.0 Å². The highest BCUT2D eigenvalue weighted by Crippen LogP contribution is 2.41. The Bertz CT molecular complexity index is 1350. The van der Waals surface area contributed by atoms with Gasteiger partial charge in [-0.25, -0.2) is 13.8 Å². The molecule has 0 N–H and O–H groups in total. The van der Waals surface area contributed by atoms with Crippen molar-refractivity contribution >= 4 is 28.2 Å². The van der Waals surface area contributed by atoms with Gasteiger partial charge in [-0.1, -0.05) is 6.08 Å². The quantitative estimate of drug-likeness (QED) is 0.633. The van der Waals surface area contributed by atoms with E-state index in [4.69, 9.17) is 4.74 Å². The van der Waals surface area contributed by atoms with Crippen LogP contribution in [-0.2, 0) is 11.8 Å². The summed E-state index contributed by atoms with van der Waals surface area (Å²) in [6, 6.07) is 6.80. The Morgan fingerprint density at radius 1 is 1.10 bits per heavy atom. The summed E-state index contributed by atoms with van der Waals surface area (Å²) in [5, 5.41) is 0. The Hall–Kier alpha value is -3.81. The number of fused-ring (bicyclic) bond motifs is 2. The molecule has 6 nitrogen and oxygen atoms in total. The summed E-state index contributed by atoms with van der Waals surface area (Å²) < 4.78 is 35.6. The van der Waals surface area contributed by atoms with Crippen LogP contribution < -0.4 is 4.74 Å². The average molecular weight is 420 g/mol.